The van der Waals surface area contributed by atoms with Crippen molar-refractivity contribution < 1.29 is 14.3 Å². The average Bonchev–Trinajstić information content (AvgIpc) is 2.46. The number of amides is 2. The molecule has 1 aromatic carbocycles. The summed E-state index contributed by atoms with van der Waals surface area (Å²) in [5.74, 6) is 2.38. The minimum absolute atomic E-state index is 0.0723. The van der Waals surface area contributed by atoms with Gasteiger partial charge >= 0.3 is 6.03 Å². The molecule has 5 nitrogen and oxygen atoms in total. The molecular weight excluding hydrogens is 268 g/mol. The third-order valence-corrected chi connectivity index (χ3v) is 3.81. The molecule has 0 aliphatic carbocycles. The molecule has 2 amide bonds. The molecule has 21 heavy (non-hydrogen) atoms. The van der Waals surface area contributed by atoms with Crippen molar-refractivity contribution in [2.24, 2.45) is 11.8 Å². The van der Waals surface area contributed by atoms with Crippen LogP contribution in [0.3, 0.4) is 0 Å². The summed E-state index contributed by atoms with van der Waals surface area (Å²) in [4.78, 5) is 14.3. The van der Waals surface area contributed by atoms with E-state index < -0.39 is 0 Å². The van der Waals surface area contributed by atoms with Crippen molar-refractivity contribution in [3.05, 3.63) is 18.2 Å². The van der Waals surface area contributed by atoms with Crippen molar-refractivity contribution in [1.82, 2.24) is 4.90 Å². The molecule has 0 spiro atoms. The highest BCUT2D eigenvalue weighted by atomic mass is 16.5. The molecule has 0 aromatic heterocycles. The number of rotatable bonds is 3. The second kappa shape index (κ2) is 6.70. The molecule has 0 saturated carbocycles. The Hall–Kier alpha value is -1.91. The topological polar surface area (TPSA) is 50.8 Å². The number of carbonyl (C=O) groups is 1. The van der Waals surface area contributed by atoms with Gasteiger partial charge in [-0.3, -0.25) is 0 Å². The first kappa shape index (κ1) is 15.5. The fourth-order valence-corrected chi connectivity index (χ4v) is 2.92. The van der Waals surface area contributed by atoms with Gasteiger partial charge in [0.15, 0.2) is 0 Å². The van der Waals surface area contributed by atoms with Gasteiger partial charge in [0.2, 0.25) is 0 Å². The largest absolute Gasteiger partial charge is 0.497 e. The van der Waals surface area contributed by atoms with Crippen LogP contribution in [0.4, 0.5) is 10.5 Å². The molecule has 0 radical (unpaired) electrons. The van der Waals surface area contributed by atoms with Crippen LogP contribution in [0.1, 0.15) is 20.3 Å². The Labute approximate surface area is 126 Å². The molecule has 5 heteroatoms. The van der Waals surface area contributed by atoms with Crippen LogP contribution in [0.5, 0.6) is 11.5 Å². The monoisotopic (exact) mass is 292 g/mol. The lowest BCUT2D eigenvalue weighted by Gasteiger charge is -2.35. The number of urea groups is 1. The van der Waals surface area contributed by atoms with Crippen molar-refractivity contribution >= 4 is 11.7 Å². The Morgan fingerprint density at radius 3 is 2.43 bits per heavy atom. The van der Waals surface area contributed by atoms with Crippen LogP contribution in [-0.4, -0.2) is 38.2 Å². The first-order chi connectivity index (χ1) is 10.0. The van der Waals surface area contributed by atoms with E-state index in [1.54, 1.807) is 32.4 Å². The molecular formula is C16H24N2O3. The van der Waals surface area contributed by atoms with Crippen molar-refractivity contribution in [1.29, 1.82) is 0 Å². The van der Waals surface area contributed by atoms with Gasteiger partial charge in [-0.1, -0.05) is 13.8 Å². The standard InChI is InChI=1S/C16H24N2O3/c1-11-7-12(2)10-18(9-11)16(19)17-14-6-5-13(20-3)8-15(14)21-4/h5-6,8,11-12H,7,9-10H2,1-4H3,(H,17,19)/t11-,12+. The van der Waals surface area contributed by atoms with Gasteiger partial charge in [0.1, 0.15) is 11.5 Å². The predicted molar refractivity (Wildman–Crippen MR) is 83.1 cm³/mol. The van der Waals surface area contributed by atoms with Crippen LogP contribution in [-0.2, 0) is 0 Å². The van der Waals surface area contributed by atoms with Crippen LogP contribution in [0.2, 0.25) is 0 Å². The molecule has 1 saturated heterocycles. The minimum Gasteiger partial charge on any atom is -0.497 e. The molecule has 2 atom stereocenters. The summed E-state index contributed by atoms with van der Waals surface area (Å²) >= 11 is 0. The summed E-state index contributed by atoms with van der Waals surface area (Å²) < 4.78 is 10.5. The highest BCUT2D eigenvalue weighted by Crippen LogP contribution is 2.30. The number of hydrogen-bond donors (Lipinski definition) is 1. The third-order valence-electron chi connectivity index (χ3n) is 3.81. The maximum atomic E-state index is 12.4. The first-order valence-corrected chi connectivity index (χ1v) is 7.31. The Morgan fingerprint density at radius 2 is 1.86 bits per heavy atom. The van der Waals surface area contributed by atoms with E-state index in [4.69, 9.17) is 9.47 Å². The van der Waals surface area contributed by atoms with Crippen LogP contribution in [0.25, 0.3) is 0 Å². The average molecular weight is 292 g/mol. The summed E-state index contributed by atoms with van der Waals surface area (Å²) in [6.07, 6.45) is 1.18. The maximum absolute atomic E-state index is 12.4. The molecule has 0 bridgehead atoms. The zero-order chi connectivity index (χ0) is 15.4. The van der Waals surface area contributed by atoms with E-state index in [9.17, 15) is 4.79 Å². The van der Waals surface area contributed by atoms with Crippen LogP contribution in [0, 0.1) is 11.8 Å². The lowest BCUT2D eigenvalue weighted by Crippen LogP contribution is -2.44. The fourth-order valence-electron chi connectivity index (χ4n) is 2.92. The van der Waals surface area contributed by atoms with E-state index >= 15 is 0 Å². The molecule has 0 unspecified atom stereocenters. The highest BCUT2D eigenvalue weighted by Gasteiger charge is 2.25. The second-order valence-corrected chi connectivity index (χ2v) is 5.85. The number of likely N-dealkylation sites (tertiary alicyclic amines) is 1. The van der Waals surface area contributed by atoms with E-state index in [-0.39, 0.29) is 6.03 Å². The number of carbonyl (C=O) groups excluding carboxylic acids is 1. The number of hydrogen-bond acceptors (Lipinski definition) is 3. The van der Waals surface area contributed by atoms with Crippen LogP contribution >= 0.6 is 0 Å². The van der Waals surface area contributed by atoms with Gasteiger partial charge in [-0.2, -0.15) is 0 Å². The van der Waals surface area contributed by atoms with E-state index in [0.29, 0.717) is 29.0 Å². The molecule has 1 fully saturated rings. The maximum Gasteiger partial charge on any atom is 0.321 e. The lowest BCUT2D eigenvalue weighted by molar-refractivity contribution is 0.156. The van der Waals surface area contributed by atoms with Gasteiger partial charge in [0.25, 0.3) is 0 Å². The van der Waals surface area contributed by atoms with Crippen molar-refractivity contribution in [2.75, 3.05) is 32.6 Å². The zero-order valence-corrected chi connectivity index (χ0v) is 13.2. The summed E-state index contributed by atoms with van der Waals surface area (Å²) in [6.45, 7) is 5.97. The van der Waals surface area contributed by atoms with Gasteiger partial charge in [0, 0.05) is 19.2 Å². The number of anilines is 1. The molecule has 116 valence electrons. The van der Waals surface area contributed by atoms with E-state index in [1.807, 2.05) is 4.90 Å². The smallest absolute Gasteiger partial charge is 0.321 e. The van der Waals surface area contributed by atoms with Gasteiger partial charge < -0.3 is 19.7 Å². The minimum atomic E-state index is -0.0723. The fraction of sp³-hybridized carbons (Fsp3) is 0.562. The quantitative estimate of drug-likeness (QED) is 0.930. The van der Waals surface area contributed by atoms with E-state index in [0.717, 1.165) is 13.1 Å². The van der Waals surface area contributed by atoms with Crippen LogP contribution < -0.4 is 14.8 Å². The second-order valence-electron chi connectivity index (χ2n) is 5.85. The molecule has 1 N–H and O–H groups in total. The van der Waals surface area contributed by atoms with Crippen molar-refractivity contribution in [3.63, 3.8) is 0 Å². The summed E-state index contributed by atoms with van der Waals surface area (Å²) in [6, 6.07) is 5.29. The Balaban J connectivity index is 2.08. The Bertz CT molecular complexity index is 494. The van der Waals surface area contributed by atoms with Gasteiger partial charge in [-0.25, -0.2) is 4.79 Å². The molecule has 1 aliphatic rings. The molecule has 1 heterocycles. The van der Waals surface area contributed by atoms with Crippen molar-refractivity contribution in [3.8, 4) is 11.5 Å². The summed E-state index contributed by atoms with van der Waals surface area (Å²) in [5.41, 5.74) is 0.661. The van der Waals surface area contributed by atoms with Crippen LogP contribution in [0.15, 0.2) is 18.2 Å². The van der Waals surface area contributed by atoms with E-state index in [2.05, 4.69) is 19.2 Å². The van der Waals surface area contributed by atoms with Gasteiger partial charge in [-0.15, -0.1) is 0 Å². The third kappa shape index (κ3) is 3.80. The SMILES string of the molecule is COc1ccc(NC(=O)N2C[C@H](C)C[C@H](C)C2)c(OC)c1. The lowest BCUT2D eigenvalue weighted by atomic mass is 9.92. The highest BCUT2D eigenvalue weighted by molar-refractivity contribution is 5.91. The predicted octanol–water partition coefficient (Wildman–Crippen LogP) is 3.21. The number of ether oxygens (including phenoxy) is 2. The van der Waals surface area contributed by atoms with Gasteiger partial charge in [-0.05, 0) is 30.4 Å². The Morgan fingerprint density at radius 1 is 1.19 bits per heavy atom. The number of benzene rings is 1. The van der Waals surface area contributed by atoms with Crippen molar-refractivity contribution in [2.45, 2.75) is 20.3 Å². The number of methoxy groups -OCH3 is 2. The number of nitrogens with zero attached hydrogens (tertiary/aromatic N) is 1. The number of piperidine rings is 1. The molecule has 1 aliphatic heterocycles. The normalized spacial score (nSPS) is 21.8. The summed E-state index contributed by atoms with van der Waals surface area (Å²) in [7, 11) is 3.18. The Kier molecular flexibility index (Phi) is 4.94. The summed E-state index contributed by atoms with van der Waals surface area (Å²) in [5, 5.41) is 2.93. The number of nitrogens with one attached hydrogen (secondary N) is 1. The van der Waals surface area contributed by atoms with E-state index in [1.165, 1.54) is 6.42 Å². The van der Waals surface area contributed by atoms with Gasteiger partial charge in [0.05, 0.1) is 19.9 Å². The molecule has 1 aromatic rings. The zero-order valence-electron chi connectivity index (χ0n) is 13.2. The first-order valence-electron chi connectivity index (χ1n) is 7.31. The molecule has 2 rings (SSSR count).